The van der Waals surface area contributed by atoms with Crippen LogP contribution < -0.4 is 5.32 Å². The summed E-state index contributed by atoms with van der Waals surface area (Å²) in [6, 6.07) is 0. The molecule has 0 aliphatic rings. The molecule has 2 N–H and O–H groups in total. The molecular formula is C8H10F3N3O4. The predicted octanol–water partition coefficient (Wildman–Crippen LogP) is -0.740. The maximum atomic E-state index is 11.7. The summed E-state index contributed by atoms with van der Waals surface area (Å²) >= 11 is 0. The molecular weight excluding hydrogens is 259 g/mol. The van der Waals surface area contributed by atoms with Gasteiger partial charge in [-0.1, -0.05) is 0 Å². The number of hydrogen-bond acceptors (Lipinski definition) is 4. The summed E-state index contributed by atoms with van der Waals surface area (Å²) < 4.78 is 39.5. The lowest BCUT2D eigenvalue weighted by Crippen LogP contribution is -2.39. The van der Waals surface area contributed by atoms with E-state index < -0.39 is 43.0 Å². The first-order valence-electron chi connectivity index (χ1n) is 4.62. The fourth-order valence-electron chi connectivity index (χ4n) is 0.777. The average Bonchev–Trinajstić information content (AvgIpc) is 2.23. The van der Waals surface area contributed by atoms with Crippen LogP contribution in [0.1, 0.15) is 6.92 Å². The van der Waals surface area contributed by atoms with Crippen molar-refractivity contribution in [3.8, 4) is 0 Å². The van der Waals surface area contributed by atoms with Gasteiger partial charge in [0.1, 0.15) is 6.61 Å². The Kier molecular flexibility index (Phi) is 6.00. The average molecular weight is 269 g/mol. The number of nitrogens with one attached hydrogen (secondary N) is 1. The van der Waals surface area contributed by atoms with Crippen molar-refractivity contribution in [3.05, 3.63) is 5.53 Å². The van der Waals surface area contributed by atoms with Gasteiger partial charge in [0.05, 0.1) is 6.54 Å². The molecule has 18 heavy (non-hydrogen) atoms. The van der Waals surface area contributed by atoms with Gasteiger partial charge >= 0.3 is 23.8 Å². The Morgan fingerprint density at radius 3 is 2.44 bits per heavy atom. The number of carbonyl (C=O) groups excluding carboxylic acids is 2. The first-order chi connectivity index (χ1) is 8.20. The van der Waals surface area contributed by atoms with E-state index in [9.17, 15) is 22.8 Å². The van der Waals surface area contributed by atoms with Crippen LogP contribution in [-0.2, 0) is 14.3 Å². The molecule has 0 saturated carbocycles. The van der Waals surface area contributed by atoms with Crippen LogP contribution in [0.25, 0.3) is 5.53 Å². The highest BCUT2D eigenvalue weighted by Gasteiger charge is 2.38. The van der Waals surface area contributed by atoms with Crippen molar-refractivity contribution in [2.75, 3.05) is 13.2 Å². The highest BCUT2D eigenvalue weighted by atomic mass is 19.4. The second-order valence-corrected chi connectivity index (χ2v) is 3.05. The molecule has 0 aromatic rings. The fourth-order valence-corrected chi connectivity index (χ4v) is 0.777. The van der Waals surface area contributed by atoms with E-state index in [-0.39, 0.29) is 0 Å². The monoisotopic (exact) mass is 269 g/mol. The molecule has 0 rings (SSSR count). The maximum Gasteiger partial charge on any atom is 0.471 e. The molecule has 0 spiro atoms. The summed E-state index contributed by atoms with van der Waals surface area (Å²) in [5, 5.41) is 10.4. The predicted molar refractivity (Wildman–Crippen MR) is 50.3 cm³/mol. The minimum Gasteiger partial charge on any atom is -0.455 e. The number of nitrogens with zero attached hydrogens (tertiary/aromatic N) is 2. The van der Waals surface area contributed by atoms with E-state index in [1.807, 2.05) is 0 Å². The van der Waals surface area contributed by atoms with Gasteiger partial charge < -0.3 is 20.7 Å². The lowest BCUT2D eigenvalue weighted by molar-refractivity contribution is -0.173. The third-order valence-electron chi connectivity index (χ3n) is 1.59. The normalized spacial score (nSPS) is 12.3. The van der Waals surface area contributed by atoms with Crippen LogP contribution in [-0.4, -0.2) is 52.9 Å². The highest BCUT2D eigenvalue weighted by molar-refractivity contribution is 6.35. The maximum absolute atomic E-state index is 11.7. The van der Waals surface area contributed by atoms with Gasteiger partial charge in [-0.05, 0) is 6.92 Å². The van der Waals surface area contributed by atoms with Gasteiger partial charge in [-0.3, -0.25) is 4.79 Å². The number of aliphatic hydroxyl groups excluding tert-OH is 1. The molecule has 0 fully saturated rings. The van der Waals surface area contributed by atoms with Gasteiger partial charge in [0, 0.05) is 0 Å². The van der Waals surface area contributed by atoms with Gasteiger partial charge in [-0.15, -0.1) is 0 Å². The standard InChI is InChI=1S/C8H10F3N3O4/c1-4(15)5(14-12)6(16)18-3-2-13-7(17)8(9,10)11/h4,15H,2-3H2,1H3,(H,13,17)/t4-/m1/s1. The molecule has 10 heteroatoms. The zero-order valence-corrected chi connectivity index (χ0v) is 9.19. The van der Waals surface area contributed by atoms with Gasteiger partial charge in [-0.2, -0.15) is 18.0 Å². The Hall–Kier alpha value is -1.93. The summed E-state index contributed by atoms with van der Waals surface area (Å²) in [4.78, 5) is 23.8. The molecule has 0 radical (unpaired) electrons. The molecule has 1 atom stereocenters. The lowest BCUT2D eigenvalue weighted by Gasteiger charge is -2.07. The first kappa shape index (κ1) is 16.1. The minimum absolute atomic E-state index is 0.563. The van der Waals surface area contributed by atoms with Crippen molar-refractivity contribution < 1.29 is 37.4 Å². The van der Waals surface area contributed by atoms with Crippen LogP contribution in [0.2, 0.25) is 0 Å². The van der Waals surface area contributed by atoms with E-state index in [4.69, 9.17) is 10.6 Å². The Labute approximate surface area is 99.2 Å². The van der Waals surface area contributed by atoms with Crippen molar-refractivity contribution in [1.82, 2.24) is 5.32 Å². The molecule has 0 aliphatic heterocycles. The third-order valence-corrected chi connectivity index (χ3v) is 1.59. The van der Waals surface area contributed by atoms with E-state index in [0.29, 0.717) is 0 Å². The van der Waals surface area contributed by atoms with E-state index >= 15 is 0 Å². The second-order valence-electron chi connectivity index (χ2n) is 3.05. The molecule has 0 aromatic heterocycles. The van der Waals surface area contributed by atoms with Crippen LogP contribution in [0.5, 0.6) is 0 Å². The number of aliphatic hydroxyl groups is 1. The van der Waals surface area contributed by atoms with E-state index in [0.717, 1.165) is 6.92 Å². The first-order valence-corrected chi connectivity index (χ1v) is 4.62. The zero-order valence-electron chi connectivity index (χ0n) is 9.19. The SMILES string of the molecule is C[C@@H](O)C(=[N+]=[N-])C(=O)OCCNC(=O)C(F)(F)F. The number of hydrogen-bond donors (Lipinski definition) is 2. The van der Waals surface area contributed by atoms with Crippen molar-refractivity contribution >= 4 is 17.6 Å². The van der Waals surface area contributed by atoms with Crippen LogP contribution in [0.4, 0.5) is 13.2 Å². The number of carbonyl (C=O) groups is 2. The van der Waals surface area contributed by atoms with Crippen molar-refractivity contribution in [2.24, 2.45) is 0 Å². The Morgan fingerprint density at radius 1 is 1.50 bits per heavy atom. The van der Waals surface area contributed by atoms with Gasteiger partial charge in [0.15, 0.2) is 6.10 Å². The zero-order chi connectivity index (χ0) is 14.3. The summed E-state index contributed by atoms with van der Waals surface area (Å²) in [7, 11) is 0. The molecule has 1 amide bonds. The van der Waals surface area contributed by atoms with Gasteiger partial charge in [-0.25, -0.2) is 4.79 Å². The minimum atomic E-state index is -5.01. The van der Waals surface area contributed by atoms with E-state index in [1.54, 1.807) is 0 Å². The van der Waals surface area contributed by atoms with Crippen molar-refractivity contribution in [3.63, 3.8) is 0 Å². The van der Waals surface area contributed by atoms with E-state index in [1.165, 1.54) is 5.32 Å². The molecule has 0 aliphatic carbocycles. The molecule has 0 saturated heterocycles. The van der Waals surface area contributed by atoms with Gasteiger partial charge in [0.2, 0.25) is 0 Å². The lowest BCUT2D eigenvalue weighted by atomic mass is 10.2. The Morgan fingerprint density at radius 2 is 2.06 bits per heavy atom. The summed E-state index contributed by atoms with van der Waals surface area (Å²) in [5.41, 5.74) is 7.63. The molecule has 102 valence electrons. The smallest absolute Gasteiger partial charge is 0.455 e. The second kappa shape index (κ2) is 6.72. The Balaban J connectivity index is 4.04. The van der Waals surface area contributed by atoms with Crippen LogP contribution >= 0.6 is 0 Å². The quantitative estimate of drug-likeness (QED) is 0.225. The molecule has 0 aromatic carbocycles. The number of alkyl halides is 3. The molecule has 0 bridgehead atoms. The number of esters is 1. The highest BCUT2D eigenvalue weighted by Crippen LogP contribution is 2.13. The van der Waals surface area contributed by atoms with Crippen LogP contribution in [0.15, 0.2) is 0 Å². The van der Waals surface area contributed by atoms with Crippen molar-refractivity contribution in [1.29, 1.82) is 0 Å². The number of amides is 1. The summed E-state index contributed by atoms with van der Waals surface area (Å²) in [5.74, 6) is -3.36. The van der Waals surface area contributed by atoms with Gasteiger partial charge in [0.25, 0.3) is 0 Å². The third kappa shape index (κ3) is 5.41. The summed E-state index contributed by atoms with van der Waals surface area (Å²) in [6.45, 7) is -0.00324. The van der Waals surface area contributed by atoms with Crippen LogP contribution in [0, 0.1) is 0 Å². The van der Waals surface area contributed by atoms with E-state index in [2.05, 4.69) is 9.53 Å². The topological polar surface area (TPSA) is 112 Å². The number of halogens is 3. The van der Waals surface area contributed by atoms with Crippen molar-refractivity contribution in [2.45, 2.75) is 19.2 Å². The Bertz CT molecular complexity index is 374. The molecule has 0 heterocycles. The largest absolute Gasteiger partial charge is 0.471 e. The number of rotatable bonds is 5. The molecule has 0 unspecified atom stereocenters. The number of ether oxygens (including phenoxy) is 1. The summed E-state index contributed by atoms with van der Waals surface area (Å²) in [6.07, 6.45) is -6.41. The van der Waals surface area contributed by atoms with Crippen LogP contribution in [0.3, 0.4) is 0 Å². The molecule has 7 nitrogen and oxygen atoms in total. The fraction of sp³-hybridized carbons (Fsp3) is 0.625.